The van der Waals surface area contributed by atoms with Gasteiger partial charge in [0.05, 0.1) is 12.1 Å². The molecule has 0 spiro atoms. The minimum absolute atomic E-state index is 0.0986. The largest absolute Gasteiger partial charge is 0.419 e. The molecule has 0 saturated heterocycles. The van der Waals surface area contributed by atoms with Crippen molar-refractivity contribution in [2.75, 3.05) is 0 Å². The third-order valence-electron chi connectivity index (χ3n) is 4.19. The average Bonchev–Trinajstić information content (AvgIpc) is 3.21. The molecule has 0 unspecified atom stereocenters. The van der Waals surface area contributed by atoms with Crippen molar-refractivity contribution in [3.63, 3.8) is 0 Å². The van der Waals surface area contributed by atoms with Crippen LogP contribution in [0.5, 0.6) is 0 Å². The van der Waals surface area contributed by atoms with E-state index in [1.807, 2.05) is 47.0 Å². The summed E-state index contributed by atoms with van der Waals surface area (Å²) in [6.07, 6.45) is 2.70. The van der Waals surface area contributed by atoms with E-state index >= 15 is 0 Å². The Morgan fingerprint density at radius 3 is 2.88 bits per heavy atom. The minimum Gasteiger partial charge on any atom is -0.408 e. The van der Waals surface area contributed by atoms with Gasteiger partial charge in [-0.25, -0.2) is 4.79 Å². The molecule has 4 rings (SSSR count). The molecule has 132 valence electrons. The summed E-state index contributed by atoms with van der Waals surface area (Å²) in [4.78, 5) is 24.0. The summed E-state index contributed by atoms with van der Waals surface area (Å²) in [6.45, 7) is 0.732. The fourth-order valence-electron chi connectivity index (χ4n) is 2.90. The number of para-hydroxylation sites is 2. The third kappa shape index (κ3) is 3.08. The van der Waals surface area contributed by atoms with Crippen molar-refractivity contribution < 1.29 is 9.21 Å². The van der Waals surface area contributed by atoms with Gasteiger partial charge in [0.15, 0.2) is 17.1 Å². The Labute approximate surface area is 148 Å². The molecule has 0 aliphatic carbocycles. The first-order chi connectivity index (χ1) is 12.7. The molecule has 1 amide bonds. The van der Waals surface area contributed by atoms with Gasteiger partial charge in [0.1, 0.15) is 0 Å². The number of carbonyl (C=O) groups excluding carboxylic acids is 1. The fraction of sp³-hybridized carbons (Fsp3) is 0.222. The highest BCUT2D eigenvalue weighted by molar-refractivity contribution is 5.76. The first-order valence-corrected chi connectivity index (χ1v) is 8.36. The number of rotatable bonds is 6. The van der Waals surface area contributed by atoms with Crippen molar-refractivity contribution in [1.29, 1.82) is 0 Å². The molecule has 1 aromatic carbocycles. The van der Waals surface area contributed by atoms with E-state index in [0.717, 1.165) is 11.2 Å². The monoisotopic (exact) mass is 351 g/mol. The SMILES string of the molecule is O=C(CCCn1c(=O)oc2ccccc21)NCc1nnc2ccccn12. The van der Waals surface area contributed by atoms with Crippen LogP contribution in [0.4, 0.5) is 0 Å². The number of carbonyl (C=O) groups is 1. The molecule has 0 aliphatic rings. The second-order valence-electron chi connectivity index (χ2n) is 5.91. The summed E-state index contributed by atoms with van der Waals surface area (Å²) < 4.78 is 8.56. The molecule has 26 heavy (non-hydrogen) atoms. The van der Waals surface area contributed by atoms with Crippen LogP contribution in [0.1, 0.15) is 18.7 Å². The number of pyridine rings is 1. The van der Waals surface area contributed by atoms with E-state index in [0.29, 0.717) is 37.3 Å². The number of fused-ring (bicyclic) bond motifs is 2. The highest BCUT2D eigenvalue weighted by Crippen LogP contribution is 2.12. The molecule has 1 N–H and O–H groups in total. The molecular formula is C18H17N5O3. The Hall–Kier alpha value is -3.42. The number of nitrogens with one attached hydrogen (secondary N) is 1. The Balaban J connectivity index is 1.33. The maximum Gasteiger partial charge on any atom is 0.419 e. The summed E-state index contributed by atoms with van der Waals surface area (Å²) in [5, 5.41) is 11.0. The van der Waals surface area contributed by atoms with Crippen LogP contribution in [0.25, 0.3) is 16.7 Å². The lowest BCUT2D eigenvalue weighted by atomic mass is 10.2. The van der Waals surface area contributed by atoms with Crippen LogP contribution in [0.2, 0.25) is 0 Å². The smallest absolute Gasteiger partial charge is 0.408 e. The molecule has 8 heteroatoms. The maximum atomic E-state index is 12.1. The van der Waals surface area contributed by atoms with Crippen molar-refractivity contribution in [3.05, 3.63) is 65.0 Å². The van der Waals surface area contributed by atoms with Gasteiger partial charge in [0.25, 0.3) is 0 Å². The third-order valence-corrected chi connectivity index (χ3v) is 4.19. The van der Waals surface area contributed by atoms with Crippen molar-refractivity contribution in [2.24, 2.45) is 0 Å². The zero-order valence-electron chi connectivity index (χ0n) is 14.0. The van der Waals surface area contributed by atoms with Crippen molar-refractivity contribution in [2.45, 2.75) is 25.9 Å². The Morgan fingerprint density at radius 1 is 1.12 bits per heavy atom. The Bertz CT molecular complexity index is 1120. The van der Waals surface area contributed by atoms with Crippen LogP contribution in [-0.2, 0) is 17.9 Å². The molecule has 0 atom stereocenters. The van der Waals surface area contributed by atoms with Crippen LogP contribution in [0.3, 0.4) is 0 Å². The first-order valence-electron chi connectivity index (χ1n) is 8.36. The number of amides is 1. The summed E-state index contributed by atoms with van der Waals surface area (Å²) in [5.41, 5.74) is 2.04. The lowest BCUT2D eigenvalue weighted by Crippen LogP contribution is -2.24. The number of benzene rings is 1. The van der Waals surface area contributed by atoms with Crippen LogP contribution in [0.15, 0.2) is 57.9 Å². The number of oxazole rings is 1. The average molecular weight is 351 g/mol. The molecular weight excluding hydrogens is 334 g/mol. The lowest BCUT2D eigenvalue weighted by molar-refractivity contribution is -0.121. The van der Waals surface area contributed by atoms with E-state index in [1.54, 1.807) is 10.6 Å². The summed E-state index contributed by atoms with van der Waals surface area (Å²) in [5.74, 6) is 0.172. The molecule has 8 nitrogen and oxygen atoms in total. The normalized spacial score (nSPS) is 11.2. The second-order valence-corrected chi connectivity index (χ2v) is 5.91. The van der Waals surface area contributed by atoms with Crippen molar-refractivity contribution in [3.8, 4) is 0 Å². The van der Waals surface area contributed by atoms with Crippen LogP contribution >= 0.6 is 0 Å². The van der Waals surface area contributed by atoms with E-state index < -0.39 is 5.76 Å². The number of aryl methyl sites for hydroxylation is 1. The molecule has 0 fully saturated rings. The Morgan fingerprint density at radius 2 is 1.96 bits per heavy atom. The summed E-state index contributed by atoms with van der Waals surface area (Å²) in [6, 6.07) is 12.9. The first kappa shape index (κ1) is 16.1. The molecule has 0 saturated carbocycles. The number of hydrogen-bond donors (Lipinski definition) is 1. The van der Waals surface area contributed by atoms with Gasteiger partial charge in [0.2, 0.25) is 5.91 Å². The Kier molecular flexibility index (Phi) is 4.22. The summed E-state index contributed by atoms with van der Waals surface area (Å²) >= 11 is 0. The van der Waals surface area contributed by atoms with E-state index in [9.17, 15) is 9.59 Å². The van der Waals surface area contributed by atoms with Gasteiger partial charge in [-0.2, -0.15) is 0 Å². The predicted octanol–water partition coefficient (Wildman–Crippen LogP) is 1.73. The zero-order valence-corrected chi connectivity index (χ0v) is 14.0. The van der Waals surface area contributed by atoms with Gasteiger partial charge in [-0.3, -0.25) is 13.8 Å². The standard InChI is InChI=1S/C18H17N5O3/c24-17(19-12-16-21-20-15-8-3-4-10-23(15)16)9-5-11-22-13-6-1-2-7-14(13)26-18(22)25/h1-4,6-8,10H,5,9,11-12H2,(H,19,24). The van der Waals surface area contributed by atoms with Gasteiger partial charge in [0, 0.05) is 19.2 Å². The van der Waals surface area contributed by atoms with E-state index in [2.05, 4.69) is 15.5 Å². The predicted molar refractivity (Wildman–Crippen MR) is 94.5 cm³/mol. The molecule has 4 aromatic rings. The maximum absolute atomic E-state index is 12.1. The van der Waals surface area contributed by atoms with Crippen LogP contribution < -0.4 is 11.1 Å². The summed E-state index contributed by atoms with van der Waals surface area (Å²) in [7, 11) is 0. The highest BCUT2D eigenvalue weighted by Gasteiger charge is 2.10. The van der Waals surface area contributed by atoms with Gasteiger partial charge >= 0.3 is 5.76 Å². The second kappa shape index (κ2) is 6.83. The molecule has 0 aliphatic heterocycles. The number of hydrogen-bond acceptors (Lipinski definition) is 5. The molecule has 0 bridgehead atoms. The van der Waals surface area contributed by atoms with Gasteiger partial charge in [-0.1, -0.05) is 18.2 Å². The van der Waals surface area contributed by atoms with Crippen molar-refractivity contribution >= 4 is 22.7 Å². The quantitative estimate of drug-likeness (QED) is 0.571. The van der Waals surface area contributed by atoms with E-state index in [1.165, 1.54) is 0 Å². The van der Waals surface area contributed by atoms with Crippen LogP contribution in [-0.4, -0.2) is 25.1 Å². The molecule has 3 heterocycles. The van der Waals surface area contributed by atoms with Crippen LogP contribution in [0, 0.1) is 0 Å². The highest BCUT2D eigenvalue weighted by atomic mass is 16.4. The van der Waals surface area contributed by atoms with Gasteiger partial charge < -0.3 is 9.73 Å². The van der Waals surface area contributed by atoms with Crippen molar-refractivity contribution in [1.82, 2.24) is 24.5 Å². The topological polar surface area (TPSA) is 94.4 Å². The van der Waals surface area contributed by atoms with E-state index in [4.69, 9.17) is 4.42 Å². The molecule has 0 radical (unpaired) electrons. The number of aromatic nitrogens is 4. The van der Waals surface area contributed by atoms with Gasteiger partial charge in [-0.15, -0.1) is 10.2 Å². The zero-order chi connectivity index (χ0) is 17.9. The molecule has 3 aromatic heterocycles. The number of nitrogens with zero attached hydrogens (tertiary/aromatic N) is 4. The fourth-order valence-corrected chi connectivity index (χ4v) is 2.90. The van der Waals surface area contributed by atoms with Gasteiger partial charge in [-0.05, 0) is 30.7 Å². The van der Waals surface area contributed by atoms with E-state index in [-0.39, 0.29) is 5.91 Å². The lowest BCUT2D eigenvalue weighted by Gasteiger charge is -2.05. The minimum atomic E-state index is -0.401.